The Morgan fingerprint density at radius 3 is 2.56 bits per heavy atom. The van der Waals surface area contributed by atoms with Crippen molar-refractivity contribution in [3.8, 4) is 18.1 Å². The van der Waals surface area contributed by atoms with Gasteiger partial charge in [0.25, 0.3) is 0 Å². The second kappa shape index (κ2) is 5.61. The highest BCUT2D eigenvalue weighted by molar-refractivity contribution is 5.43. The van der Waals surface area contributed by atoms with Gasteiger partial charge in [-0.3, -0.25) is 0 Å². The first-order valence-corrected chi connectivity index (χ1v) is 5.77. The van der Waals surface area contributed by atoms with E-state index in [1.165, 1.54) is 16.7 Å². The summed E-state index contributed by atoms with van der Waals surface area (Å²) in [4.78, 5) is 0. The van der Waals surface area contributed by atoms with Gasteiger partial charge in [0.2, 0.25) is 0 Å². The van der Waals surface area contributed by atoms with E-state index in [9.17, 15) is 0 Å². The predicted molar refractivity (Wildman–Crippen MR) is 69.0 cm³/mol. The molecule has 0 radical (unpaired) electrons. The van der Waals surface area contributed by atoms with Crippen LogP contribution in [0.2, 0.25) is 0 Å². The zero-order valence-corrected chi connectivity index (χ0v) is 10.6. The number of terminal acetylenes is 1. The molecule has 1 heteroatoms. The van der Waals surface area contributed by atoms with Gasteiger partial charge in [0.05, 0.1) is 6.61 Å². The van der Waals surface area contributed by atoms with Crippen LogP contribution in [-0.4, -0.2) is 6.61 Å². The highest BCUT2D eigenvalue weighted by Crippen LogP contribution is 2.29. The number of benzene rings is 1. The largest absolute Gasteiger partial charge is 0.494 e. The van der Waals surface area contributed by atoms with Gasteiger partial charge in [0.15, 0.2) is 0 Å². The fourth-order valence-electron chi connectivity index (χ4n) is 1.94. The molecule has 0 aliphatic carbocycles. The SMILES string of the molecule is C#CCC(C)c1cc(C)c(OCC)cc1C. The number of aryl methyl sites for hydroxylation is 2. The Morgan fingerprint density at radius 1 is 1.31 bits per heavy atom. The van der Waals surface area contributed by atoms with E-state index < -0.39 is 0 Å². The van der Waals surface area contributed by atoms with Crippen LogP contribution in [0, 0.1) is 26.2 Å². The van der Waals surface area contributed by atoms with Crippen molar-refractivity contribution in [1.29, 1.82) is 0 Å². The van der Waals surface area contributed by atoms with Crippen molar-refractivity contribution < 1.29 is 4.74 Å². The van der Waals surface area contributed by atoms with E-state index in [4.69, 9.17) is 11.2 Å². The third-order valence-corrected chi connectivity index (χ3v) is 2.82. The first-order chi connectivity index (χ1) is 7.60. The lowest BCUT2D eigenvalue weighted by molar-refractivity contribution is 0.337. The molecule has 86 valence electrons. The molecule has 16 heavy (non-hydrogen) atoms. The molecular weight excluding hydrogens is 196 g/mol. The van der Waals surface area contributed by atoms with Crippen molar-refractivity contribution in [2.24, 2.45) is 0 Å². The summed E-state index contributed by atoms with van der Waals surface area (Å²) in [7, 11) is 0. The maximum Gasteiger partial charge on any atom is 0.122 e. The van der Waals surface area contributed by atoms with Crippen LogP contribution in [0.15, 0.2) is 12.1 Å². The Kier molecular flexibility index (Phi) is 4.43. The summed E-state index contributed by atoms with van der Waals surface area (Å²) < 4.78 is 5.57. The van der Waals surface area contributed by atoms with Crippen molar-refractivity contribution in [1.82, 2.24) is 0 Å². The third kappa shape index (κ3) is 2.79. The Balaban J connectivity index is 3.05. The minimum atomic E-state index is 0.416. The molecule has 0 heterocycles. The Bertz CT molecular complexity index is 399. The molecule has 0 bridgehead atoms. The van der Waals surface area contributed by atoms with Gasteiger partial charge in [-0.1, -0.05) is 13.0 Å². The zero-order chi connectivity index (χ0) is 12.1. The molecular formula is C15H20O. The van der Waals surface area contributed by atoms with E-state index in [0.29, 0.717) is 12.5 Å². The molecule has 1 unspecified atom stereocenters. The van der Waals surface area contributed by atoms with E-state index in [1.807, 2.05) is 6.92 Å². The summed E-state index contributed by atoms with van der Waals surface area (Å²) in [5.74, 6) is 4.12. The number of rotatable bonds is 4. The molecule has 1 atom stereocenters. The van der Waals surface area contributed by atoms with Crippen molar-refractivity contribution in [2.45, 2.75) is 40.0 Å². The van der Waals surface area contributed by atoms with Crippen LogP contribution in [0.5, 0.6) is 5.75 Å². The van der Waals surface area contributed by atoms with Crippen molar-refractivity contribution in [3.05, 3.63) is 28.8 Å². The maximum absolute atomic E-state index is 5.57. The molecule has 0 spiro atoms. The Hall–Kier alpha value is -1.42. The van der Waals surface area contributed by atoms with Crippen molar-refractivity contribution in [2.75, 3.05) is 6.61 Å². The summed E-state index contributed by atoms with van der Waals surface area (Å²) in [6, 6.07) is 4.31. The van der Waals surface area contributed by atoms with Crippen LogP contribution < -0.4 is 4.74 Å². The van der Waals surface area contributed by atoms with Crippen LogP contribution >= 0.6 is 0 Å². The van der Waals surface area contributed by atoms with E-state index >= 15 is 0 Å². The van der Waals surface area contributed by atoms with Gasteiger partial charge in [-0.2, -0.15) is 0 Å². The normalized spacial score (nSPS) is 11.9. The highest BCUT2D eigenvalue weighted by atomic mass is 16.5. The summed E-state index contributed by atoms with van der Waals surface area (Å²) in [5.41, 5.74) is 3.78. The molecule has 0 aromatic heterocycles. The summed E-state index contributed by atoms with van der Waals surface area (Å²) >= 11 is 0. The minimum Gasteiger partial charge on any atom is -0.494 e. The van der Waals surface area contributed by atoms with E-state index in [0.717, 1.165) is 12.2 Å². The van der Waals surface area contributed by atoms with Gasteiger partial charge in [0, 0.05) is 6.42 Å². The molecule has 0 amide bonds. The van der Waals surface area contributed by atoms with Gasteiger partial charge in [-0.25, -0.2) is 0 Å². The van der Waals surface area contributed by atoms with Crippen LogP contribution in [-0.2, 0) is 0 Å². The van der Waals surface area contributed by atoms with Crippen molar-refractivity contribution >= 4 is 0 Å². The van der Waals surface area contributed by atoms with Gasteiger partial charge in [-0.15, -0.1) is 12.3 Å². The zero-order valence-electron chi connectivity index (χ0n) is 10.6. The smallest absolute Gasteiger partial charge is 0.122 e. The van der Waals surface area contributed by atoms with Gasteiger partial charge < -0.3 is 4.74 Å². The standard InChI is InChI=1S/C15H20O/c1-6-8-11(3)14-9-13(5)15(16-7-2)10-12(14)4/h1,9-11H,7-8H2,2-5H3. The fourth-order valence-corrected chi connectivity index (χ4v) is 1.94. The molecule has 0 saturated heterocycles. The Morgan fingerprint density at radius 2 is 2.00 bits per heavy atom. The number of hydrogen-bond donors (Lipinski definition) is 0. The first-order valence-electron chi connectivity index (χ1n) is 5.77. The molecule has 1 aromatic rings. The average Bonchev–Trinajstić information content (AvgIpc) is 2.23. The van der Waals surface area contributed by atoms with E-state index in [1.54, 1.807) is 0 Å². The quantitative estimate of drug-likeness (QED) is 0.695. The first kappa shape index (κ1) is 12.6. The molecule has 1 rings (SSSR count). The lowest BCUT2D eigenvalue weighted by Gasteiger charge is -2.16. The second-order valence-electron chi connectivity index (χ2n) is 4.22. The summed E-state index contributed by atoms with van der Waals surface area (Å²) in [6.45, 7) is 9.08. The van der Waals surface area contributed by atoms with Gasteiger partial charge in [-0.05, 0) is 49.4 Å². The van der Waals surface area contributed by atoms with E-state index in [2.05, 4.69) is 38.8 Å². The summed E-state index contributed by atoms with van der Waals surface area (Å²) in [5, 5.41) is 0. The van der Waals surface area contributed by atoms with Gasteiger partial charge in [0.1, 0.15) is 5.75 Å². The maximum atomic E-state index is 5.57. The topological polar surface area (TPSA) is 9.23 Å². The lowest BCUT2D eigenvalue weighted by Crippen LogP contribution is -2.00. The van der Waals surface area contributed by atoms with E-state index in [-0.39, 0.29) is 0 Å². The molecule has 0 saturated carbocycles. The lowest BCUT2D eigenvalue weighted by atomic mass is 9.92. The average molecular weight is 216 g/mol. The fraction of sp³-hybridized carbons (Fsp3) is 0.467. The van der Waals surface area contributed by atoms with Crippen LogP contribution in [0.1, 0.15) is 42.9 Å². The van der Waals surface area contributed by atoms with Gasteiger partial charge >= 0.3 is 0 Å². The minimum absolute atomic E-state index is 0.416. The molecule has 0 fully saturated rings. The summed E-state index contributed by atoms with van der Waals surface area (Å²) in [6.07, 6.45) is 6.14. The molecule has 0 aliphatic heterocycles. The molecule has 0 aliphatic rings. The highest BCUT2D eigenvalue weighted by Gasteiger charge is 2.10. The third-order valence-electron chi connectivity index (χ3n) is 2.82. The van der Waals surface area contributed by atoms with Crippen molar-refractivity contribution in [3.63, 3.8) is 0 Å². The van der Waals surface area contributed by atoms with Crippen LogP contribution in [0.25, 0.3) is 0 Å². The molecule has 0 N–H and O–H groups in total. The monoisotopic (exact) mass is 216 g/mol. The van der Waals surface area contributed by atoms with Crippen LogP contribution in [0.4, 0.5) is 0 Å². The van der Waals surface area contributed by atoms with Crippen LogP contribution in [0.3, 0.4) is 0 Å². The predicted octanol–water partition coefficient (Wildman–Crippen LogP) is 3.83. The molecule has 1 nitrogen and oxygen atoms in total. The molecule has 1 aromatic carbocycles. The second-order valence-corrected chi connectivity index (χ2v) is 4.22. The number of ether oxygens (including phenoxy) is 1. The Labute approximate surface area is 98.8 Å². The number of hydrogen-bond acceptors (Lipinski definition) is 1.